The molecule has 2 heteroatoms. The zero-order valence-electron chi connectivity index (χ0n) is 7.17. The van der Waals surface area contributed by atoms with E-state index in [2.05, 4.69) is 22.0 Å². The molecule has 1 aromatic rings. The third kappa shape index (κ3) is 2.11. The Morgan fingerprint density at radius 1 is 1.42 bits per heavy atom. The van der Waals surface area contributed by atoms with E-state index in [1.54, 1.807) is 7.11 Å². The molecule has 0 N–H and O–H groups in total. The number of methoxy groups -OCH3 is 1. The van der Waals surface area contributed by atoms with Crippen LogP contribution in [0.15, 0.2) is 23.2 Å². The van der Waals surface area contributed by atoms with Gasteiger partial charge in [0.1, 0.15) is 5.75 Å². The van der Waals surface area contributed by atoms with Crippen LogP contribution in [0.25, 0.3) is 6.08 Å². The topological polar surface area (TPSA) is 9.23 Å². The molecule has 64 valence electrons. The van der Waals surface area contributed by atoms with Crippen LogP contribution < -0.4 is 4.74 Å². The van der Waals surface area contributed by atoms with Crippen LogP contribution in [0.1, 0.15) is 11.1 Å². The van der Waals surface area contributed by atoms with Crippen LogP contribution in [0.2, 0.25) is 0 Å². The largest absolute Gasteiger partial charge is 0.496 e. The predicted molar refractivity (Wildman–Crippen MR) is 55.7 cm³/mol. The number of aryl methyl sites for hydroxylation is 1. The van der Waals surface area contributed by atoms with Crippen LogP contribution in [0, 0.1) is 6.92 Å². The fourth-order valence-corrected chi connectivity index (χ4v) is 1.32. The summed E-state index contributed by atoms with van der Waals surface area (Å²) in [6, 6.07) is 6.10. The molecule has 0 bridgehead atoms. The number of halogens is 1. The highest BCUT2D eigenvalue weighted by atomic mass is 79.9. The Labute approximate surface area is 81.2 Å². The maximum atomic E-state index is 5.18. The van der Waals surface area contributed by atoms with E-state index in [-0.39, 0.29) is 0 Å². The van der Waals surface area contributed by atoms with Crippen molar-refractivity contribution in [3.8, 4) is 5.75 Å². The monoisotopic (exact) mass is 226 g/mol. The SMILES string of the molecule is COc1cc(/C=C/Br)ccc1C. The van der Waals surface area contributed by atoms with Crippen molar-refractivity contribution in [3.05, 3.63) is 34.3 Å². The molecule has 1 aromatic carbocycles. The third-order valence-corrected chi connectivity index (χ3v) is 1.95. The Kier molecular flexibility index (Phi) is 3.35. The summed E-state index contributed by atoms with van der Waals surface area (Å²) in [7, 11) is 1.68. The summed E-state index contributed by atoms with van der Waals surface area (Å²) >= 11 is 3.23. The second kappa shape index (κ2) is 4.31. The quantitative estimate of drug-likeness (QED) is 0.752. The number of rotatable bonds is 2. The first-order valence-corrected chi connectivity index (χ1v) is 4.61. The molecular weight excluding hydrogens is 216 g/mol. The summed E-state index contributed by atoms with van der Waals surface area (Å²) in [5, 5.41) is 0. The lowest BCUT2D eigenvalue weighted by atomic mass is 10.1. The van der Waals surface area contributed by atoms with Crippen molar-refractivity contribution in [1.82, 2.24) is 0 Å². The van der Waals surface area contributed by atoms with Gasteiger partial charge < -0.3 is 4.74 Å². The van der Waals surface area contributed by atoms with Gasteiger partial charge in [0.05, 0.1) is 7.11 Å². The van der Waals surface area contributed by atoms with Crippen molar-refractivity contribution in [1.29, 1.82) is 0 Å². The van der Waals surface area contributed by atoms with Crippen molar-refractivity contribution in [3.63, 3.8) is 0 Å². The van der Waals surface area contributed by atoms with E-state index in [0.717, 1.165) is 16.9 Å². The lowest BCUT2D eigenvalue weighted by Crippen LogP contribution is -1.86. The zero-order valence-corrected chi connectivity index (χ0v) is 8.76. The van der Waals surface area contributed by atoms with Gasteiger partial charge in [-0.05, 0) is 35.2 Å². The second-order valence-corrected chi connectivity index (χ2v) is 3.05. The summed E-state index contributed by atoms with van der Waals surface area (Å²) in [4.78, 5) is 1.83. The van der Waals surface area contributed by atoms with E-state index in [1.165, 1.54) is 0 Å². The van der Waals surface area contributed by atoms with Crippen molar-refractivity contribution in [2.45, 2.75) is 6.92 Å². The van der Waals surface area contributed by atoms with Gasteiger partial charge in [-0.3, -0.25) is 0 Å². The molecule has 0 aliphatic heterocycles. The highest BCUT2D eigenvalue weighted by Gasteiger charge is 1.96. The smallest absolute Gasteiger partial charge is 0.122 e. The molecule has 0 unspecified atom stereocenters. The molecule has 0 atom stereocenters. The van der Waals surface area contributed by atoms with Crippen LogP contribution in [0.3, 0.4) is 0 Å². The Morgan fingerprint density at radius 2 is 2.17 bits per heavy atom. The number of hydrogen-bond donors (Lipinski definition) is 0. The molecule has 0 fully saturated rings. The maximum Gasteiger partial charge on any atom is 0.122 e. The van der Waals surface area contributed by atoms with Gasteiger partial charge in [0.15, 0.2) is 0 Å². The fourth-order valence-electron chi connectivity index (χ4n) is 1.01. The zero-order chi connectivity index (χ0) is 8.97. The molecule has 0 radical (unpaired) electrons. The van der Waals surface area contributed by atoms with Crippen LogP contribution in [0.4, 0.5) is 0 Å². The molecule has 0 amide bonds. The van der Waals surface area contributed by atoms with E-state index in [1.807, 2.05) is 30.1 Å². The minimum absolute atomic E-state index is 0.929. The normalized spacial score (nSPS) is 10.6. The van der Waals surface area contributed by atoms with Gasteiger partial charge in [-0.25, -0.2) is 0 Å². The van der Waals surface area contributed by atoms with Crippen LogP contribution in [0.5, 0.6) is 5.75 Å². The fraction of sp³-hybridized carbons (Fsp3) is 0.200. The van der Waals surface area contributed by atoms with Crippen LogP contribution in [-0.2, 0) is 0 Å². The van der Waals surface area contributed by atoms with Gasteiger partial charge in [-0.2, -0.15) is 0 Å². The summed E-state index contributed by atoms with van der Waals surface area (Å²) < 4.78 is 5.18. The Balaban J connectivity index is 3.05. The van der Waals surface area contributed by atoms with E-state index >= 15 is 0 Å². The molecule has 0 aliphatic carbocycles. The summed E-state index contributed by atoms with van der Waals surface area (Å²) in [5.74, 6) is 0.929. The molecule has 0 saturated carbocycles. The molecule has 0 heterocycles. The molecule has 12 heavy (non-hydrogen) atoms. The first-order valence-electron chi connectivity index (χ1n) is 3.69. The summed E-state index contributed by atoms with van der Waals surface area (Å²) in [6.07, 6.45) is 1.97. The third-order valence-electron chi connectivity index (χ3n) is 1.69. The number of ether oxygens (including phenoxy) is 1. The molecule has 1 rings (SSSR count). The lowest BCUT2D eigenvalue weighted by Gasteiger charge is -2.04. The van der Waals surface area contributed by atoms with Gasteiger partial charge >= 0.3 is 0 Å². The first kappa shape index (κ1) is 9.33. The number of hydrogen-bond acceptors (Lipinski definition) is 1. The molecular formula is C10H11BrO. The van der Waals surface area contributed by atoms with Crippen molar-refractivity contribution in [2.75, 3.05) is 7.11 Å². The maximum absolute atomic E-state index is 5.18. The highest BCUT2D eigenvalue weighted by molar-refractivity contribution is 9.11. The molecule has 0 aliphatic rings. The van der Waals surface area contributed by atoms with Gasteiger partial charge in [0, 0.05) is 0 Å². The van der Waals surface area contributed by atoms with Crippen molar-refractivity contribution in [2.24, 2.45) is 0 Å². The van der Waals surface area contributed by atoms with E-state index in [9.17, 15) is 0 Å². The average molecular weight is 227 g/mol. The molecule has 0 spiro atoms. The van der Waals surface area contributed by atoms with Gasteiger partial charge in [0.2, 0.25) is 0 Å². The van der Waals surface area contributed by atoms with Gasteiger partial charge in [-0.15, -0.1) is 0 Å². The van der Waals surface area contributed by atoms with Gasteiger partial charge in [0.25, 0.3) is 0 Å². The predicted octanol–water partition coefficient (Wildman–Crippen LogP) is 3.37. The second-order valence-electron chi connectivity index (χ2n) is 2.52. The summed E-state index contributed by atoms with van der Waals surface area (Å²) in [6.45, 7) is 2.03. The van der Waals surface area contributed by atoms with Crippen LogP contribution in [-0.4, -0.2) is 7.11 Å². The molecule has 0 aromatic heterocycles. The van der Waals surface area contributed by atoms with Crippen molar-refractivity contribution < 1.29 is 4.74 Å². The Morgan fingerprint density at radius 3 is 2.75 bits per heavy atom. The van der Waals surface area contributed by atoms with E-state index in [0.29, 0.717) is 0 Å². The first-order chi connectivity index (χ1) is 5.77. The molecule has 1 nitrogen and oxygen atoms in total. The van der Waals surface area contributed by atoms with E-state index in [4.69, 9.17) is 4.74 Å². The van der Waals surface area contributed by atoms with Crippen LogP contribution >= 0.6 is 15.9 Å². The minimum atomic E-state index is 0.929. The minimum Gasteiger partial charge on any atom is -0.496 e. The average Bonchev–Trinajstić information content (AvgIpc) is 2.09. The lowest BCUT2D eigenvalue weighted by molar-refractivity contribution is 0.411. The molecule has 0 saturated heterocycles. The Hall–Kier alpha value is -0.760. The number of benzene rings is 1. The summed E-state index contributed by atoms with van der Waals surface area (Å²) in [5.41, 5.74) is 2.29. The van der Waals surface area contributed by atoms with E-state index < -0.39 is 0 Å². The van der Waals surface area contributed by atoms with Gasteiger partial charge in [-0.1, -0.05) is 28.1 Å². The van der Waals surface area contributed by atoms with Crippen molar-refractivity contribution >= 4 is 22.0 Å². The Bertz CT molecular complexity index is 292. The standard InChI is InChI=1S/C10H11BrO/c1-8-3-4-9(5-6-11)7-10(8)12-2/h3-7H,1-2H3/b6-5+. The highest BCUT2D eigenvalue weighted by Crippen LogP contribution is 2.19.